The van der Waals surface area contributed by atoms with Crippen molar-refractivity contribution in [3.63, 3.8) is 0 Å². The van der Waals surface area contributed by atoms with Crippen molar-refractivity contribution in [3.05, 3.63) is 82.0 Å². The van der Waals surface area contributed by atoms with E-state index in [4.69, 9.17) is 0 Å². The van der Waals surface area contributed by atoms with Crippen molar-refractivity contribution < 1.29 is 0 Å². The number of nitriles is 1. The lowest BCUT2D eigenvalue weighted by molar-refractivity contribution is 0.274. The fraction of sp³-hybridized carbons (Fsp3) is 0.190. The summed E-state index contributed by atoms with van der Waals surface area (Å²) >= 11 is 1.81. The third-order valence-corrected chi connectivity index (χ3v) is 4.99. The van der Waals surface area contributed by atoms with E-state index in [1.165, 1.54) is 10.4 Å². The Bertz CT molecular complexity index is 814. The predicted molar refractivity (Wildman–Crippen MR) is 101 cm³/mol. The zero-order valence-corrected chi connectivity index (χ0v) is 14.6. The second-order valence-corrected chi connectivity index (χ2v) is 6.77. The molecule has 3 heteroatoms. The molecule has 0 aliphatic carbocycles. The summed E-state index contributed by atoms with van der Waals surface area (Å²) < 4.78 is 0. The third-order valence-electron chi connectivity index (χ3n) is 4.13. The molecule has 0 N–H and O–H groups in total. The van der Waals surface area contributed by atoms with Gasteiger partial charge in [-0.2, -0.15) is 5.26 Å². The Morgan fingerprint density at radius 2 is 1.75 bits per heavy atom. The number of hydrogen-bond donors (Lipinski definition) is 0. The first-order chi connectivity index (χ1) is 11.8. The Kier molecular flexibility index (Phi) is 5.43. The zero-order chi connectivity index (χ0) is 16.8. The summed E-state index contributed by atoms with van der Waals surface area (Å²) in [6, 6.07) is 22.9. The maximum atomic E-state index is 9.25. The fourth-order valence-corrected chi connectivity index (χ4v) is 3.53. The molecule has 0 unspecified atom stereocenters. The quantitative estimate of drug-likeness (QED) is 0.612. The first-order valence-corrected chi connectivity index (χ1v) is 9.01. The number of rotatable bonds is 6. The van der Waals surface area contributed by atoms with Crippen LogP contribution in [0.1, 0.15) is 22.9 Å². The molecule has 0 amide bonds. The van der Waals surface area contributed by atoms with Gasteiger partial charge in [-0.3, -0.25) is 4.90 Å². The summed E-state index contributed by atoms with van der Waals surface area (Å²) in [5.74, 6) is 0. The van der Waals surface area contributed by atoms with Gasteiger partial charge in [-0.05, 0) is 40.7 Å². The molecule has 0 aliphatic heterocycles. The van der Waals surface area contributed by atoms with Crippen molar-refractivity contribution in [2.24, 2.45) is 0 Å². The number of benzene rings is 2. The molecule has 0 atom stereocenters. The molecule has 3 rings (SSSR count). The fourth-order valence-electron chi connectivity index (χ4n) is 2.78. The summed E-state index contributed by atoms with van der Waals surface area (Å²) in [5, 5.41) is 11.4. The Morgan fingerprint density at radius 3 is 2.42 bits per heavy atom. The van der Waals surface area contributed by atoms with E-state index in [9.17, 15) is 5.26 Å². The van der Waals surface area contributed by atoms with Crippen molar-refractivity contribution in [2.45, 2.75) is 20.0 Å². The Balaban J connectivity index is 1.73. The van der Waals surface area contributed by atoms with Crippen LogP contribution < -0.4 is 0 Å². The molecule has 24 heavy (non-hydrogen) atoms. The van der Waals surface area contributed by atoms with Crippen molar-refractivity contribution in [2.75, 3.05) is 6.54 Å². The van der Waals surface area contributed by atoms with Crippen LogP contribution in [0.4, 0.5) is 0 Å². The minimum atomic E-state index is 0.720. The number of nitrogens with zero attached hydrogens (tertiary/aromatic N) is 2. The van der Waals surface area contributed by atoms with E-state index in [-0.39, 0.29) is 0 Å². The maximum Gasteiger partial charge on any atom is 0.0998 e. The Labute approximate surface area is 147 Å². The van der Waals surface area contributed by atoms with Crippen LogP contribution >= 0.6 is 11.3 Å². The molecule has 1 heterocycles. The highest BCUT2D eigenvalue weighted by molar-refractivity contribution is 7.09. The molecule has 0 spiro atoms. The van der Waals surface area contributed by atoms with E-state index >= 15 is 0 Å². The lowest BCUT2D eigenvalue weighted by Crippen LogP contribution is -2.21. The van der Waals surface area contributed by atoms with Crippen LogP contribution in [-0.2, 0) is 13.1 Å². The lowest BCUT2D eigenvalue weighted by atomic mass is 9.99. The Morgan fingerprint density at radius 1 is 0.958 bits per heavy atom. The van der Waals surface area contributed by atoms with Gasteiger partial charge in [0, 0.05) is 18.0 Å². The maximum absolute atomic E-state index is 9.25. The van der Waals surface area contributed by atoms with E-state index < -0.39 is 0 Å². The second-order valence-electron chi connectivity index (χ2n) is 5.74. The van der Waals surface area contributed by atoms with Crippen LogP contribution in [0.25, 0.3) is 11.1 Å². The van der Waals surface area contributed by atoms with Gasteiger partial charge < -0.3 is 0 Å². The Hall–Kier alpha value is -2.41. The van der Waals surface area contributed by atoms with Crippen LogP contribution in [0, 0.1) is 11.3 Å². The molecule has 0 saturated carbocycles. The van der Waals surface area contributed by atoms with Crippen LogP contribution in [0.5, 0.6) is 0 Å². The molecule has 0 radical (unpaired) electrons. The number of hydrogen-bond acceptors (Lipinski definition) is 3. The van der Waals surface area contributed by atoms with Crippen LogP contribution in [0.15, 0.2) is 66.0 Å². The van der Waals surface area contributed by atoms with Gasteiger partial charge in [0.05, 0.1) is 11.6 Å². The molecular formula is C21H20N2S. The molecule has 3 aromatic rings. The molecule has 0 saturated heterocycles. The summed E-state index contributed by atoms with van der Waals surface area (Å²) in [6.07, 6.45) is 0. The molecule has 0 fully saturated rings. The summed E-state index contributed by atoms with van der Waals surface area (Å²) in [6.45, 7) is 5.16. The summed E-state index contributed by atoms with van der Waals surface area (Å²) in [7, 11) is 0. The molecule has 2 aromatic carbocycles. The highest BCUT2D eigenvalue weighted by atomic mass is 32.1. The van der Waals surface area contributed by atoms with Gasteiger partial charge in [0.25, 0.3) is 0 Å². The van der Waals surface area contributed by atoms with E-state index in [1.54, 1.807) is 0 Å². The molecular weight excluding hydrogens is 312 g/mol. The minimum absolute atomic E-state index is 0.720. The van der Waals surface area contributed by atoms with Crippen LogP contribution in [-0.4, -0.2) is 11.4 Å². The van der Waals surface area contributed by atoms with Gasteiger partial charge in [-0.25, -0.2) is 0 Å². The van der Waals surface area contributed by atoms with Crippen LogP contribution in [0.2, 0.25) is 0 Å². The summed E-state index contributed by atoms with van der Waals surface area (Å²) in [5.41, 5.74) is 4.11. The smallest absolute Gasteiger partial charge is 0.0998 e. The normalized spacial score (nSPS) is 10.7. The first-order valence-electron chi connectivity index (χ1n) is 8.13. The molecule has 0 bridgehead atoms. The van der Waals surface area contributed by atoms with Gasteiger partial charge >= 0.3 is 0 Å². The van der Waals surface area contributed by atoms with Crippen molar-refractivity contribution in [1.82, 2.24) is 4.90 Å². The summed E-state index contributed by atoms with van der Waals surface area (Å²) in [4.78, 5) is 3.83. The van der Waals surface area contributed by atoms with E-state index in [2.05, 4.69) is 59.7 Å². The van der Waals surface area contributed by atoms with E-state index in [0.29, 0.717) is 0 Å². The van der Waals surface area contributed by atoms with Gasteiger partial charge in [-0.15, -0.1) is 11.3 Å². The standard InChI is InChI=1S/C21H20N2S/c1-2-23(16-20-7-5-13-24-20)15-17-9-11-18(12-10-17)21-8-4-3-6-19(21)14-22/h3-13H,2,15-16H2,1H3. The minimum Gasteiger partial charge on any atom is -0.294 e. The molecule has 120 valence electrons. The SMILES string of the molecule is CCN(Cc1ccc(-c2ccccc2C#N)cc1)Cc1cccs1. The average molecular weight is 332 g/mol. The highest BCUT2D eigenvalue weighted by Crippen LogP contribution is 2.24. The third kappa shape index (κ3) is 3.91. The van der Waals surface area contributed by atoms with Gasteiger partial charge in [0.2, 0.25) is 0 Å². The van der Waals surface area contributed by atoms with Gasteiger partial charge in [-0.1, -0.05) is 55.5 Å². The van der Waals surface area contributed by atoms with Gasteiger partial charge in [0.15, 0.2) is 0 Å². The van der Waals surface area contributed by atoms with Crippen molar-refractivity contribution >= 4 is 11.3 Å². The zero-order valence-electron chi connectivity index (χ0n) is 13.8. The number of thiophene rings is 1. The monoisotopic (exact) mass is 332 g/mol. The largest absolute Gasteiger partial charge is 0.294 e. The molecule has 2 nitrogen and oxygen atoms in total. The van der Waals surface area contributed by atoms with Gasteiger partial charge in [0.1, 0.15) is 0 Å². The molecule has 0 aliphatic rings. The van der Waals surface area contributed by atoms with E-state index in [1.807, 2.05) is 35.6 Å². The predicted octanol–water partition coefficient (Wildman–Crippen LogP) is 5.31. The second kappa shape index (κ2) is 7.92. The van der Waals surface area contributed by atoms with E-state index in [0.717, 1.165) is 36.3 Å². The highest BCUT2D eigenvalue weighted by Gasteiger charge is 2.07. The molecule has 1 aromatic heterocycles. The first kappa shape index (κ1) is 16.4. The average Bonchev–Trinajstić information content (AvgIpc) is 3.15. The lowest BCUT2D eigenvalue weighted by Gasteiger charge is -2.20. The topological polar surface area (TPSA) is 27.0 Å². The van der Waals surface area contributed by atoms with Crippen molar-refractivity contribution in [1.29, 1.82) is 5.26 Å². The van der Waals surface area contributed by atoms with Crippen molar-refractivity contribution in [3.8, 4) is 17.2 Å². The van der Waals surface area contributed by atoms with Crippen LogP contribution in [0.3, 0.4) is 0 Å².